The molecule has 13 heteroatoms. The van der Waals surface area contributed by atoms with Gasteiger partial charge < -0.3 is 9.11 Å². The molecule has 0 bridgehead atoms. The van der Waals surface area contributed by atoms with E-state index in [0.29, 0.717) is 25.4 Å². The van der Waals surface area contributed by atoms with Crippen LogP contribution in [0.1, 0.15) is 0 Å². The fourth-order valence-corrected chi connectivity index (χ4v) is 8.01. The van der Waals surface area contributed by atoms with Crippen LogP contribution in [0, 0.1) is 6.07 Å². The Kier molecular flexibility index (Phi) is 16.2. The number of hydrogen-bond donors (Lipinski definition) is 0. The quantitative estimate of drug-likeness (QED) is 0.120. The molecule has 0 fully saturated rings. The zero-order chi connectivity index (χ0) is 21.8. The van der Waals surface area contributed by atoms with Crippen LogP contribution < -0.4 is 105 Å². The molecule has 3 aromatic carbocycles. The Morgan fingerprint density at radius 3 is 1.73 bits per heavy atom. The molecule has 0 aliphatic heterocycles. The maximum atomic E-state index is 11.5. The first kappa shape index (κ1) is 34.3. The van der Waals surface area contributed by atoms with Crippen molar-refractivity contribution in [1.29, 1.82) is 0 Å². The second-order valence-corrected chi connectivity index (χ2v) is 12.8. The predicted molar refractivity (Wildman–Crippen MR) is 118 cm³/mol. The van der Waals surface area contributed by atoms with E-state index in [2.05, 4.69) is 6.07 Å². The predicted octanol–water partition coefficient (Wildman–Crippen LogP) is -7.26. The first-order chi connectivity index (χ1) is 14.1. The van der Waals surface area contributed by atoms with E-state index < -0.39 is 28.2 Å². The number of rotatable bonds is 8. The zero-order valence-corrected chi connectivity index (χ0v) is 28.1. The summed E-state index contributed by atoms with van der Waals surface area (Å²) in [4.78, 5) is -0.666. The van der Waals surface area contributed by atoms with E-state index in [1.54, 1.807) is 12.1 Å². The maximum absolute atomic E-state index is 11.5. The van der Waals surface area contributed by atoms with Gasteiger partial charge in [0.25, 0.3) is 0 Å². The Bertz CT molecular complexity index is 1170. The third-order valence-corrected chi connectivity index (χ3v) is 9.98. The molecular weight excluding hydrogens is 531 g/mol. The molecule has 0 aliphatic carbocycles. The van der Waals surface area contributed by atoms with Crippen molar-refractivity contribution in [3.63, 3.8) is 0 Å². The standard InChI is InChI=1S/C20H19O6P2S2.3Na/c21-29(22,23)19-10-4-8-17(14-19)28(13-12-27-16-6-2-1-3-7-16)18-9-5-11-20(15-18)30(24,25)26;;;/h1-2,4-11,14-15,27H,12-13H2,(H,21,22,23)(H,24,25,26);;;/q-1;3*+1/p-2. The Labute approximate surface area is 264 Å². The SMILES string of the molecule is O=S(=O)([O-])c1cccc(P(CCPc2c[c-]ccc2)c2cccc(S(=O)(=O)[O-])c2)c1.[Na+].[Na+].[Na+]. The molecule has 1 atom stereocenters. The van der Waals surface area contributed by atoms with Gasteiger partial charge in [-0.25, -0.2) is 16.8 Å². The third kappa shape index (κ3) is 10.7. The second-order valence-electron chi connectivity index (χ2n) is 6.27. The molecule has 0 amide bonds. The van der Waals surface area contributed by atoms with Crippen molar-refractivity contribution in [2.24, 2.45) is 0 Å². The van der Waals surface area contributed by atoms with Gasteiger partial charge in [0, 0.05) is 0 Å². The monoisotopic (exact) mass is 548 g/mol. The summed E-state index contributed by atoms with van der Waals surface area (Å²) < 4.78 is 68.7. The van der Waals surface area contributed by atoms with Gasteiger partial charge in [0.1, 0.15) is 20.2 Å². The molecule has 1 unspecified atom stereocenters. The molecule has 3 aromatic rings. The van der Waals surface area contributed by atoms with Crippen LogP contribution >= 0.6 is 16.5 Å². The van der Waals surface area contributed by atoms with Gasteiger partial charge in [-0.1, -0.05) is 24.3 Å². The van der Waals surface area contributed by atoms with Crippen molar-refractivity contribution in [2.45, 2.75) is 9.79 Å². The minimum absolute atomic E-state index is 0. The summed E-state index contributed by atoms with van der Waals surface area (Å²) in [6, 6.07) is 22.2. The second kappa shape index (κ2) is 15.6. The minimum atomic E-state index is -4.62. The van der Waals surface area contributed by atoms with Crippen molar-refractivity contribution in [3.8, 4) is 0 Å². The molecule has 3 rings (SSSR count). The van der Waals surface area contributed by atoms with Gasteiger partial charge >= 0.3 is 88.7 Å². The first-order valence-corrected chi connectivity index (χ1v) is 14.3. The number of benzene rings is 3. The summed E-state index contributed by atoms with van der Waals surface area (Å²) in [7, 11) is -9.95. The Morgan fingerprint density at radius 1 is 0.788 bits per heavy atom. The normalized spacial score (nSPS) is 11.5. The first-order valence-electron chi connectivity index (χ1n) is 8.74. The largest absolute Gasteiger partial charge is 1.00 e. The number of hydrogen-bond acceptors (Lipinski definition) is 6. The van der Waals surface area contributed by atoms with E-state index >= 15 is 0 Å². The summed E-state index contributed by atoms with van der Waals surface area (Å²) in [5.74, 6) is 0. The van der Waals surface area contributed by atoms with Crippen LogP contribution in [0.2, 0.25) is 0 Å². The topological polar surface area (TPSA) is 114 Å². The van der Waals surface area contributed by atoms with E-state index in [1.165, 1.54) is 36.4 Å². The summed E-state index contributed by atoms with van der Waals surface area (Å²) in [6.07, 6.45) is 1.40. The van der Waals surface area contributed by atoms with Gasteiger partial charge in [-0.05, 0) is 55.1 Å². The molecule has 0 aliphatic rings. The molecular formula is C20H17Na3O6P2S2. The third-order valence-electron chi connectivity index (χ3n) is 4.21. The van der Waals surface area contributed by atoms with Crippen LogP contribution in [0.4, 0.5) is 0 Å². The van der Waals surface area contributed by atoms with E-state index in [-0.39, 0.29) is 98.5 Å². The molecule has 0 saturated heterocycles. The fraction of sp³-hybridized carbons (Fsp3) is 0.100. The molecule has 6 nitrogen and oxygen atoms in total. The van der Waals surface area contributed by atoms with E-state index in [0.717, 1.165) is 11.5 Å². The van der Waals surface area contributed by atoms with Crippen LogP contribution in [0.15, 0.2) is 82.6 Å². The van der Waals surface area contributed by atoms with E-state index in [4.69, 9.17) is 0 Å². The van der Waals surface area contributed by atoms with Crippen LogP contribution in [0.25, 0.3) is 0 Å². The maximum Gasteiger partial charge on any atom is 1.00 e. The molecule has 158 valence electrons. The van der Waals surface area contributed by atoms with Gasteiger partial charge in [-0.2, -0.15) is 38.9 Å². The van der Waals surface area contributed by atoms with Crippen molar-refractivity contribution in [3.05, 3.63) is 78.9 Å². The zero-order valence-electron chi connectivity index (χ0n) is 18.6. The Hall–Kier alpha value is 1.34. The molecule has 0 aromatic heterocycles. The Morgan fingerprint density at radius 2 is 1.30 bits per heavy atom. The van der Waals surface area contributed by atoms with Crippen molar-refractivity contribution < 1.29 is 115 Å². The van der Waals surface area contributed by atoms with Gasteiger partial charge in [-0.3, -0.25) is 0 Å². The average molecular weight is 548 g/mol. The summed E-state index contributed by atoms with van der Waals surface area (Å²) in [6.45, 7) is 0. The minimum Gasteiger partial charge on any atom is -0.744 e. The molecule has 0 N–H and O–H groups in total. The smallest absolute Gasteiger partial charge is 0.744 e. The van der Waals surface area contributed by atoms with E-state index in [1.807, 2.05) is 24.3 Å². The van der Waals surface area contributed by atoms with Crippen LogP contribution in [-0.4, -0.2) is 38.3 Å². The van der Waals surface area contributed by atoms with Crippen LogP contribution in [0.3, 0.4) is 0 Å². The van der Waals surface area contributed by atoms with Gasteiger partial charge in [-0.15, -0.1) is 5.30 Å². The Balaban J connectivity index is 0.00000341. The molecule has 0 saturated carbocycles. The average Bonchev–Trinajstić information content (AvgIpc) is 2.71. The van der Waals surface area contributed by atoms with Gasteiger partial charge in [0.05, 0.1) is 9.79 Å². The summed E-state index contributed by atoms with van der Waals surface area (Å²) in [5.41, 5.74) is 0. The van der Waals surface area contributed by atoms with Crippen molar-refractivity contribution >= 4 is 52.7 Å². The fourth-order valence-electron chi connectivity index (χ4n) is 2.84. The molecule has 0 heterocycles. The van der Waals surface area contributed by atoms with E-state index in [9.17, 15) is 25.9 Å². The van der Waals surface area contributed by atoms with Crippen molar-refractivity contribution in [1.82, 2.24) is 0 Å². The summed E-state index contributed by atoms with van der Waals surface area (Å²) in [5, 5.41) is 2.39. The molecule has 0 radical (unpaired) electrons. The van der Waals surface area contributed by atoms with Gasteiger partial charge in [0.15, 0.2) is 0 Å². The molecule has 0 spiro atoms. The van der Waals surface area contributed by atoms with Crippen LogP contribution in [-0.2, 0) is 20.2 Å². The van der Waals surface area contributed by atoms with Crippen LogP contribution in [0.5, 0.6) is 0 Å². The van der Waals surface area contributed by atoms with Crippen molar-refractivity contribution in [2.75, 3.05) is 12.3 Å². The molecule has 33 heavy (non-hydrogen) atoms. The van der Waals surface area contributed by atoms with Gasteiger partial charge in [0.2, 0.25) is 0 Å². The summed E-state index contributed by atoms with van der Waals surface area (Å²) >= 11 is 0.